The molecule has 5 atom stereocenters. The number of nitrogens with two attached hydrogens (primary N) is 1. The molecule has 0 radical (unpaired) electrons. The fourth-order valence-corrected chi connectivity index (χ4v) is 6.38. The molecule has 2 aromatic rings. The van der Waals surface area contributed by atoms with Crippen molar-refractivity contribution >= 4 is 35.1 Å². The van der Waals surface area contributed by atoms with Crippen molar-refractivity contribution in [2.75, 3.05) is 6.61 Å². The van der Waals surface area contributed by atoms with Gasteiger partial charge in [0.1, 0.15) is 29.7 Å². The Kier molecular flexibility index (Phi) is 8.77. The fraction of sp³-hybridized carbons (Fsp3) is 0.483. The number of nitrogens with one attached hydrogen (secondary N) is 1. The van der Waals surface area contributed by atoms with Gasteiger partial charge in [-0.3, -0.25) is 14.9 Å². The number of hydrogen-bond donors (Lipinski definition) is 3. The summed E-state index contributed by atoms with van der Waals surface area (Å²) in [6.45, 7) is 3.54. The molecule has 1 aliphatic carbocycles. The van der Waals surface area contributed by atoms with E-state index in [0.29, 0.717) is 12.3 Å². The molecule has 1 saturated heterocycles. The van der Waals surface area contributed by atoms with E-state index < -0.39 is 66.1 Å². The molecule has 2 aliphatic rings. The lowest BCUT2D eigenvalue weighted by atomic mass is 9.62. The van der Waals surface area contributed by atoms with Crippen LogP contribution in [0.1, 0.15) is 56.6 Å². The summed E-state index contributed by atoms with van der Waals surface area (Å²) < 4.78 is 36.7. The van der Waals surface area contributed by atoms with Crippen LogP contribution in [-0.2, 0) is 19.7 Å². The SMILES string of the molecule is CC(C)(C[C@H]1N[C@H](C(=O)OC[C@@H](O)CC(N)=O)[C@@H](c2cccc(Cl)c2F)[C@]1(C#N)c1ccc(Cl)cc1F)C1CC1. The first-order valence-corrected chi connectivity index (χ1v) is 13.8. The monoisotopic (exact) mass is 593 g/mol. The minimum atomic E-state index is -1.79. The predicted molar refractivity (Wildman–Crippen MR) is 145 cm³/mol. The summed E-state index contributed by atoms with van der Waals surface area (Å²) in [5, 5.41) is 24.0. The Hall–Kier alpha value is -2.77. The van der Waals surface area contributed by atoms with Crippen LogP contribution < -0.4 is 11.1 Å². The zero-order valence-electron chi connectivity index (χ0n) is 22.1. The van der Waals surface area contributed by atoms with Crippen molar-refractivity contribution in [1.29, 1.82) is 5.26 Å². The molecule has 2 fully saturated rings. The number of aliphatic hydroxyl groups excluding tert-OH is 1. The van der Waals surface area contributed by atoms with Gasteiger partial charge in [0.05, 0.1) is 23.6 Å². The number of carbonyl (C=O) groups excluding carboxylic acids is 2. The highest BCUT2D eigenvalue weighted by Crippen LogP contribution is 2.56. The molecule has 11 heteroatoms. The molecule has 1 heterocycles. The Balaban J connectivity index is 1.88. The van der Waals surface area contributed by atoms with E-state index in [0.717, 1.165) is 18.9 Å². The van der Waals surface area contributed by atoms with E-state index in [1.807, 2.05) is 13.8 Å². The van der Waals surface area contributed by atoms with E-state index >= 15 is 8.78 Å². The number of halogens is 4. The van der Waals surface area contributed by atoms with Gasteiger partial charge in [-0.25, -0.2) is 8.78 Å². The molecule has 214 valence electrons. The van der Waals surface area contributed by atoms with E-state index in [9.17, 15) is 20.0 Å². The number of ether oxygens (including phenoxy) is 1. The van der Waals surface area contributed by atoms with Gasteiger partial charge in [0.2, 0.25) is 5.91 Å². The first kappa shape index (κ1) is 30.2. The average molecular weight is 594 g/mol. The van der Waals surface area contributed by atoms with E-state index in [1.54, 1.807) is 0 Å². The Bertz CT molecular complexity index is 1350. The maximum atomic E-state index is 15.7. The maximum absolute atomic E-state index is 15.7. The molecule has 0 bridgehead atoms. The number of primary amides is 1. The minimum absolute atomic E-state index is 0.0445. The smallest absolute Gasteiger partial charge is 0.323 e. The van der Waals surface area contributed by atoms with Gasteiger partial charge >= 0.3 is 5.97 Å². The molecule has 2 aromatic carbocycles. The van der Waals surface area contributed by atoms with Crippen LogP contribution in [0.15, 0.2) is 36.4 Å². The summed E-state index contributed by atoms with van der Waals surface area (Å²) >= 11 is 12.2. The normalized spacial score (nSPS) is 25.3. The molecule has 1 aliphatic heterocycles. The number of rotatable bonds is 10. The molecule has 1 amide bonds. The summed E-state index contributed by atoms with van der Waals surface area (Å²) in [6, 6.07) is 8.27. The second-order valence-corrected chi connectivity index (χ2v) is 12.2. The molecule has 0 aromatic heterocycles. The van der Waals surface area contributed by atoms with Crippen molar-refractivity contribution in [1.82, 2.24) is 5.32 Å². The third-order valence-corrected chi connectivity index (χ3v) is 8.68. The summed E-state index contributed by atoms with van der Waals surface area (Å²) in [4.78, 5) is 24.7. The van der Waals surface area contributed by atoms with Crippen LogP contribution in [0.25, 0.3) is 0 Å². The Labute approximate surface area is 241 Å². The number of nitriles is 1. The molecule has 0 unspecified atom stereocenters. The summed E-state index contributed by atoms with van der Waals surface area (Å²) in [6.07, 6.45) is 0.575. The van der Waals surface area contributed by atoms with E-state index in [1.165, 1.54) is 30.3 Å². The van der Waals surface area contributed by atoms with Crippen LogP contribution in [0.5, 0.6) is 0 Å². The van der Waals surface area contributed by atoms with Gasteiger partial charge in [0, 0.05) is 22.5 Å². The number of esters is 1. The summed E-state index contributed by atoms with van der Waals surface area (Å²) in [5.74, 6) is -4.23. The van der Waals surface area contributed by atoms with Crippen molar-refractivity contribution in [3.05, 3.63) is 69.2 Å². The molecule has 0 spiro atoms. The van der Waals surface area contributed by atoms with E-state index in [-0.39, 0.29) is 26.6 Å². The second kappa shape index (κ2) is 11.6. The predicted octanol–water partition coefficient (Wildman–Crippen LogP) is 4.76. The molecule has 40 heavy (non-hydrogen) atoms. The van der Waals surface area contributed by atoms with Gasteiger partial charge in [-0.15, -0.1) is 0 Å². The molecular formula is C29H31Cl2F2N3O4. The lowest BCUT2D eigenvalue weighted by molar-refractivity contribution is -0.150. The summed E-state index contributed by atoms with van der Waals surface area (Å²) in [5.41, 5.74) is 2.92. The van der Waals surface area contributed by atoms with Crippen molar-refractivity contribution in [3.63, 3.8) is 0 Å². The largest absolute Gasteiger partial charge is 0.462 e. The highest BCUT2D eigenvalue weighted by atomic mass is 35.5. The number of carbonyl (C=O) groups is 2. The molecule has 1 saturated carbocycles. The maximum Gasteiger partial charge on any atom is 0.323 e. The number of benzene rings is 2. The second-order valence-electron chi connectivity index (χ2n) is 11.3. The first-order valence-electron chi connectivity index (χ1n) is 13.0. The van der Waals surface area contributed by atoms with Gasteiger partial charge in [-0.1, -0.05) is 55.2 Å². The zero-order valence-corrected chi connectivity index (χ0v) is 23.6. The molecular weight excluding hydrogens is 563 g/mol. The zero-order chi connectivity index (χ0) is 29.4. The topological polar surface area (TPSA) is 125 Å². The van der Waals surface area contributed by atoms with Gasteiger partial charge < -0.3 is 15.6 Å². The van der Waals surface area contributed by atoms with Crippen molar-refractivity contribution in [2.45, 2.75) is 69.1 Å². The van der Waals surface area contributed by atoms with E-state index in [4.69, 9.17) is 33.7 Å². The lowest BCUT2D eigenvalue weighted by Gasteiger charge is -2.38. The number of amides is 1. The van der Waals surface area contributed by atoms with Crippen LogP contribution >= 0.6 is 23.2 Å². The third kappa shape index (κ3) is 5.82. The van der Waals surface area contributed by atoms with Crippen molar-refractivity contribution in [2.24, 2.45) is 17.1 Å². The van der Waals surface area contributed by atoms with Crippen LogP contribution in [0.4, 0.5) is 8.78 Å². The van der Waals surface area contributed by atoms with Crippen molar-refractivity contribution < 1.29 is 28.2 Å². The van der Waals surface area contributed by atoms with Crippen molar-refractivity contribution in [3.8, 4) is 6.07 Å². The summed E-state index contributed by atoms with van der Waals surface area (Å²) in [7, 11) is 0. The van der Waals surface area contributed by atoms with Gasteiger partial charge in [0.15, 0.2) is 0 Å². The van der Waals surface area contributed by atoms with Crippen LogP contribution in [0.3, 0.4) is 0 Å². The van der Waals surface area contributed by atoms with E-state index in [2.05, 4.69) is 11.4 Å². The van der Waals surface area contributed by atoms with Crippen LogP contribution in [-0.4, -0.2) is 41.8 Å². The fourth-order valence-electron chi connectivity index (χ4n) is 6.04. The number of hydrogen-bond acceptors (Lipinski definition) is 6. The van der Waals surface area contributed by atoms with Crippen LogP contribution in [0.2, 0.25) is 10.0 Å². The van der Waals surface area contributed by atoms with Gasteiger partial charge in [-0.05, 0) is 54.4 Å². The highest BCUT2D eigenvalue weighted by molar-refractivity contribution is 6.31. The molecule has 4 rings (SSSR count). The lowest BCUT2D eigenvalue weighted by Crippen LogP contribution is -2.45. The minimum Gasteiger partial charge on any atom is -0.462 e. The van der Waals surface area contributed by atoms with Gasteiger partial charge in [0.25, 0.3) is 0 Å². The molecule has 4 N–H and O–H groups in total. The number of aliphatic hydroxyl groups is 1. The Morgan fingerprint density at radius 1 is 1.27 bits per heavy atom. The molecule has 7 nitrogen and oxygen atoms in total. The first-order chi connectivity index (χ1) is 18.8. The van der Waals surface area contributed by atoms with Crippen LogP contribution in [0, 0.1) is 34.3 Å². The quantitative estimate of drug-likeness (QED) is 0.341. The average Bonchev–Trinajstić information content (AvgIpc) is 3.69. The standard InChI is InChI=1S/C29H31Cl2F2N3O4/c1-28(2,15-6-7-15)12-22-29(14-34,19-9-8-16(30)10-21(19)32)24(18-4-3-5-20(31)25(18)33)26(36-22)27(39)40-13-17(37)11-23(35)38/h3-5,8-10,15,17,22,24,26,36-37H,6-7,11-13H2,1-2H3,(H2,35,38)/t17-,22+,24+,26-,29+/m0/s1. The Morgan fingerprint density at radius 2 is 1.98 bits per heavy atom. The number of nitrogens with zero attached hydrogens (tertiary/aromatic N) is 1. The third-order valence-electron chi connectivity index (χ3n) is 8.15. The Morgan fingerprint density at radius 3 is 2.58 bits per heavy atom. The van der Waals surface area contributed by atoms with Gasteiger partial charge in [-0.2, -0.15) is 5.26 Å². The highest BCUT2D eigenvalue weighted by Gasteiger charge is 2.62.